The first kappa shape index (κ1) is 22.7. The average molecular weight is 391 g/mol. The zero-order chi connectivity index (χ0) is 20.0. The van der Waals surface area contributed by atoms with Crippen LogP contribution in [0.25, 0.3) is 0 Å². The highest BCUT2D eigenvalue weighted by molar-refractivity contribution is 5.80. The number of methoxy groups -OCH3 is 1. The van der Waals surface area contributed by atoms with E-state index in [2.05, 4.69) is 59.7 Å². The molecule has 2 N–H and O–H groups in total. The predicted molar refractivity (Wildman–Crippen MR) is 116 cm³/mol. The summed E-state index contributed by atoms with van der Waals surface area (Å²) in [6.07, 6.45) is 3.20. The molecule has 158 valence electrons. The molecule has 0 radical (unpaired) electrons. The Hall–Kier alpha value is -1.63. The van der Waals surface area contributed by atoms with Crippen LogP contribution in [0.5, 0.6) is 0 Å². The highest BCUT2D eigenvalue weighted by Crippen LogP contribution is 2.19. The van der Waals surface area contributed by atoms with E-state index >= 15 is 0 Å². The van der Waals surface area contributed by atoms with Crippen LogP contribution in [0, 0.1) is 0 Å². The molecule has 28 heavy (non-hydrogen) atoms. The van der Waals surface area contributed by atoms with Crippen LogP contribution in [0.1, 0.15) is 38.7 Å². The van der Waals surface area contributed by atoms with E-state index in [0.29, 0.717) is 25.3 Å². The van der Waals surface area contributed by atoms with E-state index in [0.717, 1.165) is 58.0 Å². The zero-order valence-corrected chi connectivity index (χ0v) is 17.8. The van der Waals surface area contributed by atoms with Gasteiger partial charge in [0.25, 0.3) is 0 Å². The summed E-state index contributed by atoms with van der Waals surface area (Å²) >= 11 is 0. The first-order valence-corrected chi connectivity index (χ1v) is 10.6. The Kier molecular flexibility index (Phi) is 10.9. The molecule has 1 aromatic rings. The molecule has 1 aliphatic rings. The lowest BCUT2D eigenvalue weighted by atomic mass is 9.97. The zero-order valence-electron chi connectivity index (χ0n) is 17.8. The lowest BCUT2D eigenvalue weighted by Gasteiger charge is -2.38. The van der Waals surface area contributed by atoms with Gasteiger partial charge in [-0.3, -0.25) is 9.89 Å². The number of guanidine groups is 1. The summed E-state index contributed by atoms with van der Waals surface area (Å²) in [6.45, 7) is 10.2. The minimum absolute atomic E-state index is 0.470. The summed E-state index contributed by atoms with van der Waals surface area (Å²) in [7, 11) is 1.69. The maximum Gasteiger partial charge on any atom is 0.191 e. The number of nitrogens with zero attached hydrogens (tertiary/aromatic N) is 2. The number of hydrogen-bond donors (Lipinski definition) is 2. The van der Waals surface area contributed by atoms with E-state index in [1.807, 2.05) is 0 Å². The number of benzene rings is 1. The van der Waals surface area contributed by atoms with Crippen molar-refractivity contribution in [2.24, 2.45) is 4.99 Å². The van der Waals surface area contributed by atoms with E-state index in [-0.39, 0.29) is 0 Å². The van der Waals surface area contributed by atoms with Crippen molar-refractivity contribution in [1.82, 2.24) is 15.5 Å². The van der Waals surface area contributed by atoms with Crippen molar-refractivity contribution in [3.8, 4) is 0 Å². The van der Waals surface area contributed by atoms with Gasteiger partial charge >= 0.3 is 0 Å². The highest BCUT2D eigenvalue weighted by atomic mass is 16.5. The number of aliphatic imine (C=N–C) groups is 1. The molecule has 0 saturated carbocycles. The van der Waals surface area contributed by atoms with Crippen molar-refractivity contribution in [2.45, 2.75) is 51.7 Å². The van der Waals surface area contributed by atoms with E-state index in [9.17, 15) is 0 Å². The van der Waals surface area contributed by atoms with Gasteiger partial charge in [-0.1, -0.05) is 30.3 Å². The Morgan fingerprint density at radius 1 is 1.21 bits per heavy atom. The Morgan fingerprint density at radius 2 is 2.04 bits per heavy atom. The Balaban J connectivity index is 1.73. The molecule has 0 amide bonds. The fourth-order valence-electron chi connectivity index (χ4n) is 3.52. The van der Waals surface area contributed by atoms with Gasteiger partial charge < -0.3 is 20.1 Å². The minimum atomic E-state index is 0.470. The third kappa shape index (κ3) is 8.59. The van der Waals surface area contributed by atoms with Crippen molar-refractivity contribution in [3.05, 3.63) is 35.9 Å². The number of hydrogen-bond acceptors (Lipinski definition) is 4. The molecular weight excluding hydrogens is 352 g/mol. The van der Waals surface area contributed by atoms with Crippen LogP contribution in [0.4, 0.5) is 0 Å². The summed E-state index contributed by atoms with van der Waals surface area (Å²) < 4.78 is 10.5. The number of rotatable bonds is 11. The maximum atomic E-state index is 5.50. The first-order valence-electron chi connectivity index (χ1n) is 10.6. The van der Waals surface area contributed by atoms with Gasteiger partial charge in [-0.25, -0.2) is 0 Å². The molecule has 1 aromatic carbocycles. The van der Waals surface area contributed by atoms with Crippen LogP contribution in [0.3, 0.4) is 0 Å². The molecule has 0 aromatic heterocycles. The third-order valence-electron chi connectivity index (χ3n) is 5.08. The number of likely N-dealkylation sites (tertiary alicyclic amines) is 1. The van der Waals surface area contributed by atoms with Crippen molar-refractivity contribution in [2.75, 3.05) is 46.6 Å². The van der Waals surface area contributed by atoms with Gasteiger partial charge in [0.05, 0.1) is 13.2 Å². The summed E-state index contributed by atoms with van der Waals surface area (Å²) in [5.41, 5.74) is 1.39. The van der Waals surface area contributed by atoms with Crippen LogP contribution in [-0.2, 0) is 16.0 Å². The molecule has 1 heterocycles. The summed E-state index contributed by atoms with van der Waals surface area (Å²) in [4.78, 5) is 7.29. The van der Waals surface area contributed by atoms with Crippen molar-refractivity contribution < 1.29 is 9.47 Å². The second-order valence-electron chi connectivity index (χ2n) is 7.39. The third-order valence-corrected chi connectivity index (χ3v) is 5.08. The van der Waals surface area contributed by atoms with Gasteiger partial charge in [0.15, 0.2) is 5.96 Å². The summed E-state index contributed by atoms with van der Waals surface area (Å²) in [5.74, 6) is 0.924. The SMILES string of the molecule is CCNC(=NCCCOCCOC)NC1CCN(Cc2ccccc2)C(C)C1. The quantitative estimate of drug-likeness (QED) is 0.346. The molecule has 2 unspecified atom stereocenters. The van der Waals surface area contributed by atoms with E-state index in [1.54, 1.807) is 7.11 Å². The van der Waals surface area contributed by atoms with Gasteiger partial charge in [-0.2, -0.15) is 0 Å². The van der Waals surface area contributed by atoms with Gasteiger partial charge in [-0.15, -0.1) is 0 Å². The maximum absolute atomic E-state index is 5.50. The number of piperidine rings is 1. The number of nitrogens with one attached hydrogen (secondary N) is 2. The fourth-order valence-corrected chi connectivity index (χ4v) is 3.52. The molecule has 0 spiro atoms. The largest absolute Gasteiger partial charge is 0.382 e. The topological polar surface area (TPSA) is 58.1 Å². The molecule has 2 rings (SSSR count). The lowest BCUT2D eigenvalue weighted by molar-refractivity contribution is 0.0702. The standard InChI is InChI=1S/C22H38N4O2/c1-4-23-22(24-12-8-14-28-16-15-27-3)25-21-11-13-26(19(2)17-21)18-20-9-6-5-7-10-20/h5-7,9-10,19,21H,4,8,11-18H2,1-3H3,(H2,23,24,25). The molecule has 6 heteroatoms. The normalized spacial score (nSPS) is 20.9. The molecule has 1 saturated heterocycles. The second kappa shape index (κ2) is 13.5. The van der Waals surface area contributed by atoms with E-state index in [4.69, 9.17) is 14.5 Å². The van der Waals surface area contributed by atoms with Crippen molar-refractivity contribution >= 4 is 5.96 Å². The van der Waals surface area contributed by atoms with Crippen LogP contribution in [0.15, 0.2) is 35.3 Å². The van der Waals surface area contributed by atoms with Crippen molar-refractivity contribution in [1.29, 1.82) is 0 Å². The van der Waals surface area contributed by atoms with E-state index < -0.39 is 0 Å². The average Bonchev–Trinajstić information content (AvgIpc) is 2.70. The molecular formula is C22H38N4O2. The highest BCUT2D eigenvalue weighted by Gasteiger charge is 2.25. The predicted octanol–water partition coefficient (Wildman–Crippen LogP) is 2.65. The lowest BCUT2D eigenvalue weighted by Crippen LogP contribution is -2.51. The monoisotopic (exact) mass is 390 g/mol. The van der Waals surface area contributed by atoms with E-state index in [1.165, 1.54) is 5.56 Å². The summed E-state index contributed by atoms with van der Waals surface area (Å²) in [6, 6.07) is 11.8. The van der Waals surface area contributed by atoms with Crippen LogP contribution in [-0.4, -0.2) is 69.5 Å². The van der Waals surface area contributed by atoms with Gasteiger partial charge in [0.1, 0.15) is 0 Å². The first-order chi connectivity index (χ1) is 13.7. The van der Waals surface area contributed by atoms with Gasteiger partial charge in [-0.05, 0) is 38.7 Å². The molecule has 0 aliphatic carbocycles. The molecule has 1 fully saturated rings. The van der Waals surface area contributed by atoms with Crippen LogP contribution in [0.2, 0.25) is 0 Å². The Morgan fingerprint density at radius 3 is 2.75 bits per heavy atom. The molecule has 0 bridgehead atoms. The van der Waals surface area contributed by atoms with Gasteiger partial charge in [0, 0.05) is 52.0 Å². The molecule has 6 nitrogen and oxygen atoms in total. The smallest absolute Gasteiger partial charge is 0.191 e. The summed E-state index contributed by atoms with van der Waals surface area (Å²) in [5, 5.41) is 7.01. The van der Waals surface area contributed by atoms with Crippen molar-refractivity contribution in [3.63, 3.8) is 0 Å². The Labute approximate surface area is 170 Å². The molecule has 2 atom stereocenters. The molecule has 1 aliphatic heterocycles. The second-order valence-corrected chi connectivity index (χ2v) is 7.39. The van der Waals surface area contributed by atoms with Crippen LogP contribution >= 0.6 is 0 Å². The fraction of sp³-hybridized carbons (Fsp3) is 0.682. The number of ether oxygens (including phenoxy) is 2. The minimum Gasteiger partial charge on any atom is -0.382 e. The van der Waals surface area contributed by atoms with Crippen LogP contribution < -0.4 is 10.6 Å². The Bertz CT molecular complexity index is 553. The van der Waals surface area contributed by atoms with Gasteiger partial charge in [0.2, 0.25) is 0 Å².